The van der Waals surface area contributed by atoms with E-state index in [-0.39, 0.29) is 17.7 Å². The molecule has 0 amide bonds. The molecule has 2 atom stereocenters. The molecule has 0 bridgehead atoms. The van der Waals surface area contributed by atoms with Crippen molar-refractivity contribution in [3.05, 3.63) is 35.9 Å². The number of piperidine rings is 1. The van der Waals surface area contributed by atoms with E-state index in [0.717, 1.165) is 25.1 Å². The maximum Gasteiger partial charge on any atom is 0.167 e. The fraction of sp³-hybridized carbons (Fsp3) is 0.417. The van der Waals surface area contributed by atoms with E-state index in [2.05, 4.69) is 5.32 Å². The quantitative estimate of drug-likeness (QED) is 0.701. The van der Waals surface area contributed by atoms with Gasteiger partial charge in [-0.2, -0.15) is 0 Å². The number of ketones is 1. The largest absolute Gasteiger partial charge is 0.326 e. The summed E-state index contributed by atoms with van der Waals surface area (Å²) in [4.78, 5) is 12.1. The molecule has 0 aromatic heterocycles. The van der Waals surface area contributed by atoms with Crippen molar-refractivity contribution in [1.82, 2.24) is 5.32 Å². The summed E-state index contributed by atoms with van der Waals surface area (Å²) in [5.41, 5.74) is 6.71. The van der Waals surface area contributed by atoms with Gasteiger partial charge >= 0.3 is 0 Å². The van der Waals surface area contributed by atoms with Crippen LogP contribution in [-0.2, 0) is 0 Å². The van der Waals surface area contributed by atoms with Crippen molar-refractivity contribution in [2.45, 2.75) is 12.5 Å². The number of nitrogens with two attached hydrogens (primary N) is 1. The van der Waals surface area contributed by atoms with E-state index in [1.54, 1.807) is 0 Å². The number of carbonyl (C=O) groups excluding carboxylic acids is 1. The molecule has 2 unspecified atom stereocenters. The van der Waals surface area contributed by atoms with Crippen molar-refractivity contribution in [3.63, 3.8) is 0 Å². The Morgan fingerprint density at radius 1 is 1.33 bits per heavy atom. The Balaban J connectivity index is 2.13. The van der Waals surface area contributed by atoms with Crippen LogP contribution in [0, 0.1) is 5.92 Å². The van der Waals surface area contributed by atoms with Gasteiger partial charge in [-0.1, -0.05) is 30.3 Å². The first-order valence-electron chi connectivity index (χ1n) is 5.34. The van der Waals surface area contributed by atoms with Gasteiger partial charge in [0, 0.05) is 24.1 Å². The van der Waals surface area contributed by atoms with E-state index >= 15 is 0 Å². The summed E-state index contributed by atoms with van der Waals surface area (Å²) in [5.74, 6) is 0.165. The molecule has 15 heavy (non-hydrogen) atoms. The molecule has 3 nitrogen and oxygen atoms in total. The molecule has 1 heterocycles. The topological polar surface area (TPSA) is 55.1 Å². The molecule has 80 valence electrons. The van der Waals surface area contributed by atoms with Gasteiger partial charge < -0.3 is 11.1 Å². The van der Waals surface area contributed by atoms with E-state index in [4.69, 9.17) is 5.73 Å². The van der Waals surface area contributed by atoms with Crippen molar-refractivity contribution < 1.29 is 4.79 Å². The molecule has 1 aliphatic heterocycles. The first-order valence-corrected chi connectivity index (χ1v) is 5.34. The molecule has 0 spiro atoms. The predicted octanol–water partition coefficient (Wildman–Crippen LogP) is 0.806. The highest BCUT2D eigenvalue weighted by atomic mass is 16.1. The number of hydrogen-bond acceptors (Lipinski definition) is 3. The Bertz CT molecular complexity index is 337. The molecule has 2 rings (SSSR count). The molecule has 0 saturated carbocycles. The van der Waals surface area contributed by atoms with Crippen LogP contribution in [0.15, 0.2) is 30.3 Å². The number of nitrogens with one attached hydrogen (secondary N) is 1. The molecule has 1 aromatic carbocycles. The lowest BCUT2D eigenvalue weighted by atomic mass is 9.86. The normalized spacial score (nSPS) is 26.2. The number of rotatable bonds is 2. The minimum atomic E-state index is -0.0496. The third-order valence-electron chi connectivity index (χ3n) is 2.92. The van der Waals surface area contributed by atoms with Crippen molar-refractivity contribution in [2.75, 3.05) is 13.1 Å². The van der Waals surface area contributed by atoms with Gasteiger partial charge in [0.2, 0.25) is 0 Å². The Kier molecular flexibility index (Phi) is 3.14. The zero-order valence-electron chi connectivity index (χ0n) is 8.65. The molecule has 1 fully saturated rings. The van der Waals surface area contributed by atoms with E-state index in [1.807, 2.05) is 30.3 Å². The smallest absolute Gasteiger partial charge is 0.167 e. The molecular formula is C12H16N2O. The fourth-order valence-corrected chi connectivity index (χ4v) is 2.02. The van der Waals surface area contributed by atoms with Gasteiger partial charge in [-0.05, 0) is 13.0 Å². The van der Waals surface area contributed by atoms with Crippen molar-refractivity contribution >= 4 is 5.78 Å². The van der Waals surface area contributed by atoms with Crippen LogP contribution in [0.4, 0.5) is 0 Å². The van der Waals surface area contributed by atoms with E-state index in [1.165, 1.54) is 0 Å². The van der Waals surface area contributed by atoms with Gasteiger partial charge in [0.25, 0.3) is 0 Å². The Hall–Kier alpha value is -1.19. The first-order chi connectivity index (χ1) is 7.29. The summed E-state index contributed by atoms with van der Waals surface area (Å²) in [7, 11) is 0. The van der Waals surface area contributed by atoms with Crippen LogP contribution in [0.3, 0.4) is 0 Å². The van der Waals surface area contributed by atoms with Gasteiger partial charge in [0.15, 0.2) is 5.78 Å². The fourth-order valence-electron chi connectivity index (χ4n) is 2.02. The number of hydrogen-bond donors (Lipinski definition) is 2. The summed E-state index contributed by atoms with van der Waals surface area (Å²) in [6.45, 7) is 1.63. The average Bonchev–Trinajstić information content (AvgIpc) is 2.30. The van der Waals surface area contributed by atoms with E-state index < -0.39 is 0 Å². The second kappa shape index (κ2) is 4.55. The molecule has 0 radical (unpaired) electrons. The van der Waals surface area contributed by atoms with Crippen LogP contribution < -0.4 is 11.1 Å². The number of carbonyl (C=O) groups is 1. The summed E-state index contributed by atoms with van der Waals surface area (Å²) >= 11 is 0. The van der Waals surface area contributed by atoms with Gasteiger partial charge in [-0.15, -0.1) is 0 Å². The highest BCUT2D eigenvalue weighted by Gasteiger charge is 2.28. The second-order valence-corrected chi connectivity index (χ2v) is 3.99. The van der Waals surface area contributed by atoms with E-state index in [9.17, 15) is 4.79 Å². The molecule has 1 aliphatic rings. The number of Topliss-reactive ketones (excluding diaryl/α,β-unsaturated/α-hetero) is 1. The van der Waals surface area contributed by atoms with Gasteiger partial charge in [-0.3, -0.25) is 4.79 Å². The minimum Gasteiger partial charge on any atom is -0.326 e. The lowest BCUT2D eigenvalue weighted by molar-refractivity contribution is 0.0878. The molecule has 0 aliphatic carbocycles. The molecule has 1 aromatic rings. The molecule has 3 heteroatoms. The van der Waals surface area contributed by atoms with Crippen LogP contribution in [0.2, 0.25) is 0 Å². The third-order valence-corrected chi connectivity index (χ3v) is 2.92. The lowest BCUT2D eigenvalue weighted by Gasteiger charge is -2.28. The van der Waals surface area contributed by atoms with Gasteiger partial charge in [-0.25, -0.2) is 0 Å². The lowest BCUT2D eigenvalue weighted by Crippen LogP contribution is -2.48. The Labute approximate surface area is 89.7 Å². The van der Waals surface area contributed by atoms with Crippen molar-refractivity contribution in [1.29, 1.82) is 0 Å². The summed E-state index contributed by atoms with van der Waals surface area (Å²) in [6, 6.07) is 9.36. The standard InChI is InChI=1S/C12H16N2O/c13-11-8-14-7-6-10(11)12(15)9-4-2-1-3-5-9/h1-5,10-11,14H,6-8,13H2. The maximum atomic E-state index is 12.1. The number of benzene rings is 1. The predicted molar refractivity (Wildman–Crippen MR) is 59.7 cm³/mol. The van der Waals surface area contributed by atoms with Crippen LogP contribution in [0.1, 0.15) is 16.8 Å². The zero-order valence-corrected chi connectivity index (χ0v) is 8.65. The van der Waals surface area contributed by atoms with Crippen molar-refractivity contribution in [3.8, 4) is 0 Å². The summed E-state index contributed by atoms with van der Waals surface area (Å²) < 4.78 is 0. The highest BCUT2D eigenvalue weighted by Crippen LogP contribution is 2.17. The Morgan fingerprint density at radius 3 is 2.73 bits per heavy atom. The SMILES string of the molecule is NC1CNCCC1C(=O)c1ccccc1. The van der Waals surface area contributed by atoms with Crippen LogP contribution in [-0.4, -0.2) is 24.9 Å². The Morgan fingerprint density at radius 2 is 2.07 bits per heavy atom. The average molecular weight is 204 g/mol. The van der Waals surface area contributed by atoms with E-state index in [0.29, 0.717) is 0 Å². The summed E-state index contributed by atoms with van der Waals surface area (Å²) in [5, 5.41) is 3.19. The van der Waals surface area contributed by atoms with Crippen LogP contribution >= 0.6 is 0 Å². The first kappa shape index (κ1) is 10.3. The molecule has 1 saturated heterocycles. The third kappa shape index (κ3) is 2.25. The van der Waals surface area contributed by atoms with Crippen molar-refractivity contribution in [2.24, 2.45) is 11.7 Å². The maximum absolute atomic E-state index is 12.1. The monoisotopic (exact) mass is 204 g/mol. The zero-order chi connectivity index (χ0) is 10.7. The highest BCUT2D eigenvalue weighted by molar-refractivity contribution is 5.98. The van der Waals surface area contributed by atoms with Gasteiger partial charge in [0.1, 0.15) is 0 Å². The summed E-state index contributed by atoms with van der Waals surface area (Å²) in [6.07, 6.45) is 0.842. The van der Waals surface area contributed by atoms with Crippen LogP contribution in [0.25, 0.3) is 0 Å². The molecular weight excluding hydrogens is 188 g/mol. The second-order valence-electron chi connectivity index (χ2n) is 3.99. The minimum absolute atomic E-state index is 0.0198. The van der Waals surface area contributed by atoms with Crippen LogP contribution in [0.5, 0.6) is 0 Å². The van der Waals surface area contributed by atoms with Gasteiger partial charge in [0.05, 0.1) is 0 Å². The molecule has 3 N–H and O–H groups in total.